The molecule has 0 saturated carbocycles. The van der Waals surface area contributed by atoms with E-state index in [1.165, 1.54) is 6.07 Å². The van der Waals surface area contributed by atoms with E-state index < -0.39 is 0 Å². The van der Waals surface area contributed by atoms with Gasteiger partial charge in [-0.3, -0.25) is 10.1 Å². The van der Waals surface area contributed by atoms with Gasteiger partial charge in [0, 0.05) is 22.6 Å². The van der Waals surface area contributed by atoms with Gasteiger partial charge >= 0.3 is 0 Å². The zero-order chi connectivity index (χ0) is 14.5. The summed E-state index contributed by atoms with van der Waals surface area (Å²) in [7, 11) is 0. The molecule has 5 nitrogen and oxygen atoms in total. The van der Waals surface area contributed by atoms with Crippen molar-refractivity contribution in [1.29, 1.82) is 0 Å². The lowest BCUT2D eigenvalue weighted by Gasteiger charge is -2.01. The van der Waals surface area contributed by atoms with E-state index in [0.717, 1.165) is 40.4 Å². The average Bonchev–Trinajstić information content (AvgIpc) is 2.83. The Morgan fingerprint density at radius 1 is 1.40 bits per heavy atom. The number of thiazole rings is 1. The summed E-state index contributed by atoms with van der Waals surface area (Å²) in [5.74, 6) is 0. The largest absolute Gasteiger partial charge is 0.330 e. The highest BCUT2D eigenvalue weighted by atomic mass is 32.1. The highest BCUT2D eigenvalue weighted by Gasteiger charge is 2.15. The Labute approximate surface area is 121 Å². The molecular weight excluding hydrogens is 274 g/mol. The van der Waals surface area contributed by atoms with Crippen LogP contribution in [0.5, 0.6) is 0 Å². The second-order valence-corrected chi connectivity index (χ2v) is 5.64. The second kappa shape index (κ2) is 6.58. The number of nitro groups is 1. The number of benzene rings is 1. The summed E-state index contributed by atoms with van der Waals surface area (Å²) in [6, 6.07) is 6.62. The van der Waals surface area contributed by atoms with Crippen LogP contribution in [-0.2, 0) is 12.8 Å². The summed E-state index contributed by atoms with van der Waals surface area (Å²) in [4.78, 5) is 16.2. The summed E-state index contributed by atoms with van der Waals surface area (Å²) in [6.45, 7) is 2.66. The lowest BCUT2D eigenvalue weighted by atomic mass is 10.1. The van der Waals surface area contributed by atoms with Gasteiger partial charge < -0.3 is 5.73 Å². The number of hydrogen-bond donors (Lipinski definition) is 1. The first kappa shape index (κ1) is 14.6. The van der Waals surface area contributed by atoms with Crippen molar-refractivity contribution >= 4 is 17.0 Å². The maximum Gasteiger partial charge on any atom is 0.270 e. The third-order valence-electron chi connectivity index (χ3n) is 2.91. The molecule has 0 amide bonds. The second-order valence-electron chi connectivity index (χ2n) is 4.48. The Morgan fingerprint density at radius 2 is 2.20 bits per heavy atom. The zero-order valence-corrected chi connectivity index (χ0v) is 12.2. The predicted octanol–water partition coefficient (Wildman–Crippen LogP) is 3.17. The van der Waals surface area contributed by atoms with Gasteiger partial charge in [-0.15, -0.1) is 11.3 Å². The minimum atomic E-state index is -0.384. The van der Waals surface area contributed by atoms with Gasteiger partial charge in [0.1, 0.15) is 0 Å². The van der Waals surface area contributed by atoms with E-state index in [9.17, 15) is 10.1 Å². The van der Waals surface area contributed by atoms with Crippen LogP contribution < -0.4 is 5.73 Å². The number of aryl methyl sites for hydroxylation is 1. The van der Waals surface area contributed by atoms with Gasteiger partial charge in [-0.25, -0.2) is 4.98 Å². The molecule has 0 saturated heterocycles. The topological polar surface area (TPSA) is 82.0 Å². The molecule has 2 rings (SSSR count). The molecule has 1 aromatic heterocycles. The normalized spacial score (nSPS) is 10.7. The van der Waals surface area contributed by atoms with E-state index in [0.29, 0.717) is 6.54 Å². The Balaban J connectivity index is 2.44. The van der Waals surface area contributed by atoms with E-state index in [2.05, 4.69) is 11.9 Å². The summed E-state index contributed by atoms with van der Waals surface area (Å²) >= 11 is 1.66. The lowest BCUT2D eigenvalue weighted by molar-refractivity contribution is -0.384. The molecule has 20 heavy (non-hydrogen) atoms. The van der Waals surface area contributed by atoms with Gasteiger partial charge in [0.05, 0.1) is 15.6 Å². The maximum atomic E-state index is 10.9. The smallest absolute Gasteiger partial charge is 0.270 e. The minimum Gasteiger partial charge on any atom is -0.330 e. The zero-order valence-electron chi connectivity index (χ0n) is 11.3. The number of rotatable bonds is 6. The van der Waals surface area contributed by atoms with Crippen LogP contribution in [0.4, 0.5) is 5.69 Å². The number of nitro benzene ring substituents is 1. The highest BCUT2D eigenvalue weighted by molar-refractivity contribution is 7.12. The molecule has 1 heterocycles. The molecule has 0 bridgehead atoms. The molecule has 0 aliphatic carbocycles. The molecule has 106 valence electrons. The molecule has 6 heteroatoms. The standard InChI is InChI=1S/C14H17N3O2S/c1-2-4-13-16-14(12(20-13)7-8-15)10-5-3-6-11(9-10)17(18)19/h3,5-6,9H,2,4,7-8,15H2,1H3. The number of nitrogens with zero attached hydrogens (tertiary/aromatic N) is 2. The first-order chi connectivity index (χ1) is 9.65. The fraction of sp³-hybridized carbons (Fsp3) is 0.357. The van der Waals surface area contributed by atoms with Crippen LogP contribution >= 0.6 is 11.3 Å². The predicted molar refractivity (Wildman–Crippen MR) is 81.0 cm³/mol. The van der Waals surface area contributed by atoms with Crippen LogP contribution in [0.1, 0.15) is 23.2 Å². The molecule has 0 fully saturated rings. The van der Waals surface area contributed by atoms with Crippen LogP contribution in [-0.4, -0.2) is 16.5 Å². The van der Waals surface area contributed by atoms with Crippen LogP contribution in [0.15, 0.2) is 24.3 Å². The quantitative estimate of drug-likeness (QED) is 0.654. The summed E-state index contributed by atoms with van der Waals surface area (Å²) < 4.78 is 0. The van der Waals surface area contributed by atoms with Gasteiger partial charge in [0.25, 0.3) is 5.69 Å². The first-order valence-electron chi connectivity index (χ1n) is 6.59. The van der Waals surface area contributed by atoms with Crippen molar-refractivity contribution in [2.75, 3.05) is 6.54 Å². The lowest BCUT2D eigenvalue weighted by Crippen LogP contribution is -2.02. The molecule has 0 radical (unpaired) electrons. The highest BCUT2D eigenvalue weighted by Crippen LogP contribution is 2.31. The molecule has 0 unspecified atom stereocenters. The molecule has 0 atom stereocenters. The summed E-state index contributed by atoms with van der Waals surface area (Å²) in [6.07, 6.45) is 2.71. The number of non-ortho nitro benzene ring substituents is 1. The van der Waals surface area contributed by atoms with E-state index in [1.54, 1.807) is 23.5 Å². The fourth-order valence-electron chi connectivity index (χ4n) is 2.01. The summed E-state index contributed by atoms with van der Waals surface area (Å²) in [5, 5.41) is 11.9. The van der Waals surface area contributed by atoms with Gasteiger partial charge in [0.2, 0.25) is 0 Å². The van der Waals surface area contributed by atoms with E-state index in [-0.39, 0.29) is 10.6 Å². The number of aromatic nitrogens is 1. The fourth-order valence-corrected chi connectivity index (χ4v) is 3.22. The summed E-state index contributed by atoms with van der Waals surface area (Å²) in [5.41, 5.74) is 7.36. The van der Waals surface area contributed by atoms with Gasteiger partial charge in [-0.2, -0.15) is 0 Å². The van der Waals surface area contributed by atoms with Crippen molar-refractivity contribution in [2.45, 2.75) is 26.2 Å². The Morgan fingerprint density at radius 3 is 2.85 bits per heavy atom. The van der Waals surface area contributed by atoms with Crippen molar-refractivity contribution in [1.82, 2.24) is 4.98 Å². The van der Waals surface area contributed by atoms with Crippen molar-refractivity contribution in [2.24, 2.45) is 5.73 Å². The third-order valence-corrected chi connectivity index (χ3v) is 4.08. The Hall–Kier alpha value is -1.79. The van der Waals surface area contributed by atoms with Gasteiger partial charge in [-0.05, 0) is 25.8 Å². The Kier molecular flexibility index (Phi) is 4.81. The van der Waals surface area contributed by atoms with E-state index in [4.69, 9.17) is 5.73 Å². The van der Waals surface area contributed by atoms with Crippen LogP contribution in [0.2, 0.25) is 0 Å². The molecule has 2 aromatic rings. The van der Waals surface area contributed by atoms with Crippen molar-refractivity contribution in [3.05, 3.63) is 44.3 Å². The number of hydrogen-bond acceptors (Lipinski definition) is 5. The molecular formula is C14H17N3O2S. The van der Waals surface area contributed by atoms with Crippen LogP contribution in [0.25, 0.3) is 11.3 Å². The van der Waals surface area contributed by atoms with Crippen LogP contribution in [0, 0.1) is 10.1 Å². The van der Waals surface area contributed by atoms with Crippen molar-refractivity contribution < 1.29 is 4.92 Å². The van der Waals surface area contributed by atoms with Crippen molar-refractivity contribution in [3.8, 4) is 11.3 Å². The van der Waals surface area contributed by atoms with Crippen LogP contribution in [0.3, 0.4) is 0 Å². The monoisotopic (exact) mass is 291 g/mol. The van der Waals surface area contributed by atoms with Gasteiger partial charge in [0.15, 0.2) is 0 Å². The SMILES string of the molecule is CCCc1nc(-c2cccc([N+](=O)[O-])c2)c(CCN)s1. The average molecular weight is 291 g/mol. The Bertz CT molecular complexity index is 610. The van der Waals surface area contributed by atoms with E-state index in [1.807, 2.05) is 6.07 Å². The first-order valence-corrected chi connectivity index (χ1v) is 7.40. The maximum absolute atomic E-state index is 10.9. The molecule has 0 aliphatic heterocycles. The van der Waals surface area contributed by atoms with Crippen molar-refractivity contribution in [3.63, 3.8) is 0 Å². The molecule has 0 aliphatic rings. The van der Waals surface area contributed by atoms with E-state index >= 15 is 0 Å². The number of nitrogens with two attached hydrogens (primary N) is 1. The molecule has 0 spiro atoms. The molecule has 2 N–H and O–H groups in total. The third kappa shape index (κ3) is 3.20. The molecule has 1 aromatic carbocycles. The van der Waals surface area contributed by atoms with Gasteiger partial charge in [-0.1, -0.05) is 19.1 Å². The minimum absolute atomic E-state index is 0.0891.